The second-order valence-corrected chi connectivity index (χ2v) is 3.77. The van der Waals surface area contributed by atoms with Gasteiger partial charge in [0, 0.05) is 11.5 Å². The van der Waals surface area contributed by atoms with E-state index in [-0.39, 0.29) is 0 Å². The van der Waals surface area contributed by atoms with Crippen LogP contribution in [-0.2, 0) is 0 Å². The fourth-order valence-corrected chi connectivity index (χ4v) is 2.33. The first-order valence-electron chi connectivity index (χ1n) is 4.15. The lowest BCUT2D eigenvalue weighted by atomic mass is 10.2. The summed E-state index contributed by atoms with van der Waals surface area (Å²) in [5, 5.41) is 2.98. The van der Waals surface area contributed by atoms with E-state index in [0.29, 0.717) is 11.4 Å². The van der Waals surface area contributed by atoms with Crippen LogP contribution >= 0.6 is 11.3 Å². The molecule has 4 heteroatoms. The van der Waals surface area contributed by atoms with Crippen LogP contribution in [0.15, 0.2) is 17.5 Å². The first-order valence-corrected chi connectivity index (χ1v) is 5.03. The van der Waals surface area contributed by atoms with Gasteiger partial charge in [0.05, 0.1) is 24.6 Å². The van der Waals surface area contributed by atoms with E-state index in [1.807, 2.05) is 17.5 Å². The number of hydrogen-bond donors (Lipinski definition) is 1. The Balaban J connectivity index is 2.80. The van der Waals surface area contributed by atoms with Gasteiger partial charge in [0.25, 0.3) is 0 Å². The van der Waals surface area contributed by atoms with Gasteiger partial charge in [0.15, 0.2) is 0 Å². The predicted molar refractivity (Wildman–Crippen MR) is 59.3 cm³/mol. The Kier molecular flexibility index (Phi) is 2.21. The first kappa shape index (κ1) is 9.15. The molecule has 74 valence electrons. The van der Waals surface area contributed by atoms with Crippen LogP contribution in [-0.4, -0.2) is 14.2 Å². The molecule has 0 bridgehead atoms. The van der Waals surface area contributed by atoms with Crippen LogP contribution in [0.2, 0.25) is 0 Å². The van der Waals surface area contributed by atoms with Crippen LogP contribution in [0.4, 0.5) is 5.69 Å². The number of benzene rings is 1. The molecule has 2 aromatic rings. The summed E-state index contributed by atoms with van der Waals surface area (Å²) in [7, 11) is 3.24. The summed E-state index contributed by atoms with van der Waals surface area (Å²) >= 11 is 1.61. The molecule has 0 unspecified atom stereocenters. The molecule has 0 aliphatic rings. The molecule has 0 aliphatic carbocycles. The van der Waals surface area contributed by atoms with Gasteiger partial charge in [-0.15, -0.1) is 11.3 Å². The van der Waals surface area contributed by atoms with Crippen LogP contribution in [0.3, 0.4) is 0 Å². The Labute approximate surface area is 86.1 Å². The minimum absolute atomic E-state index is 0.660. The van der Waals surface area contributed by atoms with Gasteiger partial charge in [0.1, 0.15) is 11.5 Å². The van der Waals surface area contributed by atoms with Gasteiger partial charge in [-0.3, -0.25) is 0 Å². The van der Waals surface area contributed by atoms with Gasteiger partial charge in [-0.25, -0.2) is 0 Å². The van der Waals surface area contributed by atoms with Gasteiger partial charge in [0.2, 0.25) is 0 Å². The number of hydrogen-bond acceptors (Lipinski definition) is 4. The molecular formula is C10H11NO2S. The van der Waals surface area contributed by atoms with E-state index >= 15 is 0 Å². The standard InChI is InChI=1S/C10H11NO2S/c1-12-7-5-8(13-2)10-6(9(7)11)3-4-14-10/h3-5H,11H2,1-2H3. The minimum Gasteiger partial charge on any atom is -0.495 e. The van der Waals surface area contributed by atoms with Crippen molar-refractivity contribution in [1.82, 2.24) is 0 Å². The van der Waals surface area contributed by atoms with Crippen LogP contribution in [0.5, 0.6) is 11.5 Å². The van der Waals surface area contributed by atoms with E-state index in [9.17, 15) is 0 Å². The summed E-state index contributed by atoms with van der Waals surface area (Å²) in [6, 6.07) is 3.79. The third-order valence-electron chi connectivity index (χ3n) is 2.15. The fourth-order valence-electron chi connectivity index (χ4n) is 1.43. The van der Waals surface area contributed by atoms with Crippen LogP contribution in [0.1, 0.15) is 0 Å². The lowest BCUT2D eigenvalue weighted by Crippen LogP contribution is -1.94. The topological polar surface area (TPSA) is 44.5 Å². The Bertz CT molecular complexity index is 464. The molecule has 0 spiro atoms. The Morgan fingerprint density at radius 2 is 1.93 bits per heavy atom. The van der Waals surface area contributed by atoms with E-state index in [0.717, 1.165) is 15.8 Å². The summed E-state index contributed by atoms with van der Waals surface area (Å²) in [6.07, 6.45) is 0. The highest BCUT2D eigenvalue weighted by Crippen LogP contribution is 2.40. The van der Waals surface area contributed by atoms with Crippen molar-refractivity contribution in [2.75, 3.05) is 20.0 Å². The molecular weight excluding hydrogens is 198 g/mol. The van der Waals surface area contributed by atoms with E-state index in [1.54, 1.807) is 25.6 Å². The third-order valence-corrected chi connectivity index (χ3v) is 3.08. The number of anilines is 1. The summed E-state index contributed by atoms with van der Waals surface area (Å²) in [6.45, 7) is 0. The smallest absolute Gasteiger partial charge is 0.146 e. The van der Waals surface area contributed by atoms with Crippen LogP contribution in [0, 0.1) is 0 Å². The van der Waals surface area contributed by atoms with Crippen molar-refractivity contribution in [2.45, 2.75) is 0 Å². The van der Waals surface area contributed by atoms with Crippen molar-refractivity contribution in [1.29, 1.82) is 0 Å². The maximum Gasteiger partial charge on any atom is 0.146 e. The average molecular weight is 209 g/mol. The maximum absolute atomic E-state index is 5.92. The largest absolute Gasteiger partial charge is 0.495 e. The molecule has 0 amide bonds. The minimum atomic E-state index is 0.660. The van der Waals surface area contributed by atoms with E-state index in [4.69, 9.17) is 15.2 Å². The number of nitrogens with two attached hydrogens (primary N) is 1. The molecule has 0 saturated heterocycles. The van der Waals surface area contributed by atoms with Crippen molar-refractivity contribution >= 4 is 27.1 Å². The summed E-state index contributed by atoms with van der Waals surface area (Å²) in [5.74, 6) is 1.47. The highest BCUT2D eigenvalue weighted by atomic mass is 32.1. The van der Waals surface area contributed by atoms with Crippen LogP contribution < -0.4 is 15.2 Å². The Hall–Kier alpha value is -1.42. The second-order valence-electron chi connectivity index (χ2n) is 2.86. The number of thiophene rings is 1. The summed E-state index contributed by atoms with van der Waals surface area (Å²) < 4.78 is 11.5. The Morgan fingerprint density at radius 3 is 2.57 bits per heavy atom. The van der Waals surface area contributed by atoms with Crippen molar-refractivity contribution in [3.8, 4) is 11.5 Å². The maximum atomic E-state index is 5.92. The summed E-state index contributed by atoms with van der Waals surface area (Å²) in [5.41, 5.74) is 6.59. The fraction of sp³-hybridized carbons (Fsp3) is 0.200. The third kappa shape index (κ3) is 1.19. The zero-order valence-electron chi connectivity index (χ0n) is 8.03. The van der Waals surface area contributed by atoms with E-state index in [2.05, 4.69) is 0 Å². The molecule has 1 aromatic carbocycles. The molecule has 0 saturated carbocycles. The van der Waals surface area contributed by atoms with Gasteiger partial charge in [-0.05, 0) is 11.4 Å². The normalized spacial score (nSPS) is 10.4. The second kappa shape index (κ2) is 3.38. The molecule has 2 N–H and O–H groups in total. The quantitative estimate of drug-likeness (QED) is 0.773. The van der Waals surface area contributed by atoms with Gasteiger partial charge < -0.3 is 15.2 Å². The van der Waals surface area contributed by atoms with E-state index < -0.39 is 0 Å². The molecule has 0 fully saturated rings. The molecule has 0 radical (unpaired) electrons. The number of rotatable bonds is 2. The van der Waals surface area contributed by atoms with E-state index in [1.165, 1.54) is 0 Å². The molecule has 3 nitrogen and oxygen atoms in total. The zero-order valence-corrected chi connectivity index (χ0v) is 8.85. The molecule has 14 heavy (non-hydrogen) atoms. The summed E-state index contributed by atoms with van der Waals surface area (Å²) in [4.78, 5) is 0. The highest BCUT2D eigenvalue weighted by molar-refractivity contribution is 7.17. The molecule has 0 aliphatic heterocycles. The molecule has 2 rings (SSSR count). The van der Waals surface area contributed by atoms with Crippen LogP contribution in [0.25, 0.3) is 10.1 Å². The van der Waals surface area contributed by atoms with Gasteiger partial charge in [-0.1, -0.05) is 0 Å². The van der Waals surface area contributed by atoms with Gasteiger partial charge >= 0.3 is 0 Å². The van der Waals surface area contributed by atoms with Crippen molar-refractivity contribution in [2.24, 2.45) is 0 Å². The molecule has 1 heterocycles. The SMILES string of the molecule is COc1cc(OC)c2sccc2c1N. The Morgan fingerprint density at radius 1 is 1.21 bits per heavy atom. The first-order chi connectivity index (χ1) is 6.77. The van der Waals surface area contributed by atoms with Gasteiger partial charge in [-0.2, -0.15) is 0 Å². The monoisotopic (exact) mass is 209 g/mol. The molecule has 1 aromatic heterocycles. The number of methoxy groups -OCH3 is 2. The van der Waals surface area contributed by atoms with Crippen molar-refractivity contribution in [3.05, 3.63) is 17.5 Å². The molecule has 0 atom stereocenters. The number of ether oxygens (including phenoxy) is 2. The predicted octanol–water partition coefficient (Wildman–Crippen LogP) is 2.50. The van der Waals surface area contributed by atoms with Crippen molar-refractivity contribution in [3.63, 3.8) is 0 Å². The highest BCUT2D eigenvalue weighted by Gasteiger charge is 2.11. The number of nitrogen functional groups attached to an aromatic ring is 1. The average Bonchev–Trinajstić information content (AvgIpc) is 2.68. The zero-order chi connectivity index (χ0) is 10.1. The lowest BCUT2D eigenvalue weighted by molar-refractivity contribution is 0.399. The number of fused-ring (bicyclic) bond motifs is 1. The lowest BCUT2D eigenvalue weighted by Gasteiger charge is -2.08. The van der Waals surface area contributed by atoms with Crippen molar-refractivity contribution < 1.29 is 9.47 Å².